The summed E-state index contributed by atoms with van der Waals surface area (Å²) < 4.78 is 10.4. The summed E-state index contributed by atoms with van der Waals surface area (Å²) in [7, 11) is 0. The van der Waals surface area contributed by atoms with Gasteiger partial charge in [0, 0.05) is 12.6 Å². The van der Waals surface area contributed by atoms with E-state index < -0.39 is 0 Å². The molecule has 1 fully saturated rings. The van der Waals surface area contributed by atoms with Crippen LogP contribution >= 0.6 is 0 Å². The molecule has 0 aromatic rings. The zero-order valence-electron chi connectivity index (χ0n) is 9.13. The van der Waals surface area contributed by atoms with E-state index in [1.165, 1.54) is 0 Å². The second-order valence-electron chi connectivity index (χ2n) is 4.16. The quantitative estimate of drug-likeness (QED) is 0.683. The summed E-state index contributed by atoms with van der Waals surface area (Å²) in [5.41, 5.74) is -0.120. The number of nitrogens with one attached hydrogen (secondary N) is 1. The third kappa shape index (κ3) is 3.64. The number of morpholine rings is 1. The molecule has 82 valence electrons. The minimum atomic E-state index is -0.159. The molecule has 0 bridgehead atoms. The molecule has 0 amide bonds. The van der Waals surface area contributed by atoms with E-state index in [4.69, 9.17) is 9.47 Å². The van der Waals surface area contributed by atoms with E-state index in [2.05, 4.69) is 5.32 Å². The molecular weight excluding hydrogens is 182 g/mol. The predicted molar refractivity (Wildman–Crippen MR) is 53.1 cm³/mol. The van der Waals surface area contributed by atoms with Gasteiger partial charge < -0.3 is 14.8 Å². The minimum Gasteiger partial charge on any atom is -0.466 e. The van der Waals surface area contributed by atoms with Gasteiger partial charge in [0.1, 0.15) is 0 Å². The van der Waals surface area contributed by atoms with Crippen LogP contribution in [0.25, 0.3) is 0 Å². The summed E-state index contributed by atoms with van der Waals surface area (Å²) in [6, 6.07) is 0.0991. The average molecular weight is 201 g/mol. The Labute approximate surface area is 85.0 Å². The molecule has 1 saturated heterocycles. The number of hydrogen-bond acceptors (Lipinski definition) is 4. The van der Waals surface area contributed by atoms with Gasteiger partial charge in [-0.3, -0.25) is 4.79 Å². The normalized spacial score (nSPS) is 25.8. The van der Waals surface area contributed by atoms with Crippen molar-refractivity contribution in [2.75, 3.05) is 19.8 Å². The number of rotatable bonds is 3. The number of carbonyl (C=O) groups is 1. The van der Waals surface area contributed by atoms with Crippen LogP contribution in [-0.4, -0.2) is 37.4 Å². The monoisotopic (exact) mass is 201 g/mol. The molecule has 1 atom stereocenters. The standard InChI is InChI=1S/C10H19NO3/c1-4-13-9(12)5-8-6-14-10(2,3)7-11-8/h8,11H,4-7H2,1-3H3. The van der Waals surface area contributed by atoms with Crippen molar-refractivity contribution in [2.24, 2.45) is 0 Å². The molecule has 0 saturated carbocycles. The minimum absolute atomic E-state index is 0.0991. The SMILES string of the molecule is CCOC(=O)CC1COC(C)(C)CN1. The van der Waals surface area contributed by atoms with Crippen LogP contribution in [0.15, 0.2) is 0 Å². The Morgan fingerprint density at radius 1 is 1.64 bits per heavy atom. The lowest BCUT2D eigenvalue weighted by atomic mass is 10.1. The molecule has 1 heterocycles. The smallest absolute Gasteiger partial charge is 0.307 e. The van der Waals surface area contributed by atoms with Gasteiger partial charge >= 0.3 is 5.97 Å². The molecule has 0 aromatic heterocycles. The molecular formula is C10H19NO3. The highest BCUT2D eigenvalue weighted by atomic mass is 16.5. The molecule has 1 aliphatic heterocycles. The number of ether oxygens (including phenoxy) is 2. The van der Waals surface area contributed by atoms with Gasteiger partial charge in [0.15, 0.2) is 0 Å². The van der Waals surface area contributed by atoms with E-state index in [-0.39, 0.29) is 17.6 Å². The third-order valence-corrected chi connectivity index (χ3v) is 2.21. The molecule has 1 unspecified atom stereocenters. The highest BCUT2D eigenvalue weighted by Gasteiger charge is 2.28. The van der Waals surface area contributed by atoms with E-state index >= 15 is 0 Å². The maximum atomic E-state index is 11.2. The summed E-state index contributed by atoms with van der Waals surface area (Å²) in [5.74, 6) is -0.159. The molecule has 14 heavy (non-hydrogen) atoms. The first-order valence-electron chi connectivity index (χ1n) is 5.06. The van der Waals surface area contributed by atoms with Crippen molar-refractivity contribution in [1.29, 1.82) is 0 Å². The topological polar surface area (TPSA) is 47.6 Å². The largest absolute Gasteiger partial charge is 0.466 e. The summed E-state index contributed by atoms with van der Waals surface area (Å²) in [5, 5.41) is 3.27. The molecule has 0 aliphatic carbocycles. The van der Waals surface area contributed by atoms with Crippen LogP contribution in [0.5, 0.6) is 0 Å². The van der Waals surface area contributed by atoms with Gasteiger partial charge in [-0.15, -0.1) is 0 Å². The fourth-order valence-corrected chi connectivity index (χ4v) is 1.38. The fourth-order valence-electron chi connectivity index (χ4n) is 1.38. The van der Waals surface area contributed by atoms with Crippen molar-refractivity contribution in [2.45, 2.75) is 38.8 Å². The van der Waals surface area contributed by atoms with E-state index in [1.807, 2.05) is 20.8 Å². The molecule has 1 N–H and O–H groups in total. The lowest BCUT2D eigenvalue weighted by Gasteiger charge is -2.35. The average Bonchev–Trinajstić information content (AvgIpc) is 2.09. The molecule has 0 radical (unpaired) electrons. The van der Waals surface area contributed by atoms with Gasteiger partial charge in [-0.05, 0) is 20.8 Å². The van der Waals surface area contributed by atoms with E-state index in [9.17, 15) is 4.79 Å². The summed E-state index contributed by atoms with van der Waals surface area (Å²) >= 11 is 0. The molecule has 1 rings (SSSR count). The summed E-state index contributed by atoms with van der Waals surface area (Å²) in [6.07, 6.45) is 0.393. The molecule has 0 aromatic carbocycles. The number of esters is 1. The van der Waals surface area contributed by atoms with Crippen molar-refractivity contribution >= 4 is 5.97 Å². The van der Waals surface area contributed by atoms with Gasteiger partial charge in [-0.2, -0.15) is 0 Å². The van der Waals surface area contributed by atoms with Gasteiger partial charge in [0.2, 0.25) is 0 Å². The van der Waals surface area contributed by atoms with E-state index in [1.54, 1.807) is 0 Å². The lowest BCUT2D eigenvalue weighted by molar-refractivity contribution is -0.145. The van der Waals surface area contributed by atoms with Crippen molar-refractivity contribution in [3.8, 4) is 0 Å². The number of carbonyl (C=O) groups excluding carboxylic acids is 1. The Bertz CT molecular complexity index is 194. The van der Waals surface area contributed by atoms with Crippen molar-refractivity contribution in [3.05, 3.63) is 0 Å². The van der Waals surface area contributed by atoms with Crippen LogP contribution < -0.4 is 5.32 Å². The molecule has 4 heteroatoms. The maximum absolute atomic E-state index is 11.2. The predicted octanol–water partition coefficient (Wildman–Crippen LogP) is 0.707. The first-order chi connectivity index (χ1) is 6.53. The van der Waals surface area contributed by atoms with Crippen LogP contribution in [0.4, 0.5) is 0 Å². The maximum Gasteiger partial charge on any atom is 0.307 e. The zero-order valence-corrected chi connectivity index (χ0v) is 9.13. The highest BCUT2D eigenvalue weighted by Crippen LogP contribution is 2.14. The van der Waals surface area contributed by atoms with Crippen molar-refractivity contribution in [3.63, 3.8) is 0 Å². The Morgan fingerprint density at radius 3 is 2.86 bits per heavy atom. The Kier molecular flexibility index (Phi) is 3.89. The second-order valence-corrected chi connectivity index (χ2v) is 4.16. The Balaban J connectivity index is 2.25. The van der Waals surface area contributed by atoms with Crippen molar-refractivity contribution in [1.82, 2.24) is 5.32 Å². The van der Waals surface area contributed by atoms with Crippen LogP contribution in [0.2, 0.25) is 0 Å². The van der Waals surface area contributed by atoms with Crippen molar-refractivity contribution < 1.29 is 14.3 Å². The molecule has 4 nitrogen and oxygen atoms in total. The Hall–Kier alpha value is -0.610. The van der Waals surface area contributed by atoms with Crippen LogP contribution in [0.1, 0.15) is 27.2 Å². The Morgan fingerprint density at radius 2 is 2.36 bits per heavy atom. The van der Waals surface area contributed by atoms with Crippen LogP contribution in [0, 0.1) is 0 Å². The van der Waals surface area contributed by atoms with Gasteiger partial charge in [0.25, 0.3) is 0 Å². The van der Waals surface area contributed by atoms with Crippen LogP contribution in [0.3, 0.4) is 0 Å². The summed E-state index contributed by atoms with van der Waals surface area (Å²) in [6.45, 7) is 7.66. The first kappa shape index (κ1) is 11.5. The summed E-state index contributed by atoms with van der Waals surface area (Å²) in [4.78, 5) is 11.2. The molecule has 1 aliphatic rings. The van der Waals surface area contributed by atoms with Crippen LogP contribution in [-0.2, 0) is 14.3 Å². The third-order valence-electron chi connectivity index (χ3n) is 2.21. The van der Waals surface area contributed by atoms with Gasteiger partial charge in [-0.1, -0.05) is 0 Å². The van der Waals surface area contributed by atoms with E-state index in [0.29, 0.717) is 19.6 Å². The lowest BCUT2D eigenvalue weighted by Crippen LogP contribution is -2.52. The molecule has 0 spiro atoms. The van der Waals surface area contributed by atoms with Gasteiger partial charge in [0.05, 0.1) is 25.2 Å². The number of hydrogen-bond donors (Lipinski definition) is 1. The van der Waals surface area contributed by atoms with E-state index in [0.717, 1.165) is 6.54 Å². The second kappa shape index (κ2) is 4.75. The van der Waals surface area contributed by atoms with Gasteiger partial charge in [-0.25, -0.2) is 0 Å². The zero-order chi connectivity index (χ0) is 10.6. The first-order valence-corrected chi connectivity index (χ1v) is 5.06. The fraction of sp³-hybridized carbons (Fsp3) is 0.900. The highest BCUT2D eigenvalue weighted by molar-refractivity contribution is 5.70.